The quantitative estimate of drug-likeness (QED) is 0.908. The zero-order valence-electron chi connectivity index (χ0n) is 9.42. The third-order valence-electron chi connectivity index (χ3n) is 2.81. The van der Waals surface area contributed by atoms with E-state index in [0.717, 1.165) is 4.88 Å². The number of rotatable bonds is 3. The van der Waals surface area contributed by atoms with Gasteiger partial charge in [0.15, 0.2) is 5.13 Å². The van der Waals surface area contributed by atoms with Gasteiger partial charge < -0.3 is 10.2 Å². The van der Waals surface area contributed by atoms with Crippen molar-refractivity contribution in [3.05, 3.63) is 11.1 Å². The van der Waals surface area contributed by atoms with Gasteiger partial charge in [-0.05, 0) is 13.5 Å². The van der Waals surface area contributed by atoms with Crippen LogP contribution >= 0.6 is 11.3 Å². The van der Waals surface area contributed by atoms with E-state index < -0.39 is 12.1 Å². The third-order valence-corrected chi connectivity index (χ3v) is 3.87. The van der Waals surface area contributed by atoms with E-state index in [-0.39, 0.29) is 13.0 Å². The van der Waals surface area contributed by atoms with Crippen LogP contribution in [0.5, 0.6) is 0 Å². The number of nitrogens with zero attached hydrogens (tertiary/aromatic N) is 2. The van der Waals surface area contributed by atoms with Crippen molar-refractivity contribution in [2.45, 2.75) is 19.1 Å². The molecule has 1 N–H and O–H groups in total. The van der Waals surface area contributed by atoms with Gasteiger partial charge in [-0.2, -0.15) is 13.2 Å². The lowest BCUT2D eigenvalue weighted by Gasteiger charge is -2.16. The molecule has 1 atom stereocenters. The van der Waals surface area contributed by atoms with Crippen LogP contribution in [0.4, 0.5) is 18.3 Å². The van der Waals surface area contributed by atoms with E-state index in [2.05, 4.69) is 10.3 Å². The van der Waals surface area contributed by atoms with Gasteiger partial charge in [-0.1, -0.05) is 0 Å². The van der Waals surface area contributed by atoms with Crippen LogP contribution < -0.4 is 10.2 Å². The van der Waals surface area contributed by atoms with E-state index in [9.17, 15) is 13.2 Å². The second kappa shape index (κ2) is 4.81. The number of thiazole rings is 1. The summed E-state index contributed by atoms with van der Waals surface area (Å²) < 4.78 is 37.6. The molecular weight excluding hydrogens is 251 g/mol. The number of aromatic nitrogens is 1. The molecule has 0 spiro atoms. The average molecular weight is 265 g/mol. The molecule has 0 radical (unpaired) electrons. The lowest BCUT2D eigenvalue weighted by atomic mass is 10.1. The number of hydrogen-bond acceptors (Lipinski definition) is 4. The Morgan fingerprint density at radius 1 is 1.59 bits per heavy atom. The van der Waals surface area contributed by atoms with Crippen LogP contribution in [0.25, 0.3) is 0 Å². The van der Waals surface area contributed by atoms with Gasteiger partial charge in [0.1, 0.15) is 0 Å². The lowest BCUT2D eigenvalue weighted by Crippen LogP contribution is -2.27. The van der Waals surface area contributed by atoms with Crippen molar-refractivity contribution in [1.82, 2.24) is 10.3 Å². The summed E-state index contributed by atoms with van der Waals surface area (Å²) in [5.41, 5.74) is 0. The largest absolute Gasteiger partial charge is 0.393 e. The Morgan fingerprint density at radius 3 is 2.94 bits per heavy atom. The topological polar surface area (TPSA) is 28.2 Å². The predicted molar refractivity (Wildman–Crippen MR) is 61.3 cm³/mol. The van der Waals surface area contributed by atoms with Crippen molar-refractivity contribution in [3.8, 4) is 0 Å². The molecule has 0 aromatic carbocycles. The molecule has 2 rings (SSSR count). The molecule has 0 bridgehead atoms. The molecule has 96 valence electrons. The highest BCUT2D eigenvalue weighted by Gasteiger charge is 2.44. The summed E-state index contributed by atoms with van der Waals surface area (Å²) in [5.74, 6) is -1.21. The smallest absolute Gasteiger partial charge is 0.347 e. The Morgan fingerprint density at radius 2 is 2.35 bits per heavy atom. The van der Waals surface area contributed by atoms with E-state index in [1.807, 2.05) is 7.05 Å². The van der Waals surface area contributed by atoms with E-state index in [4.69, 9.17) is 0 Å². The first-order valence-corrected chi connectivity index (χ1v) is 6.23. The zero-order valence-corrected chi connectivity index (χ0v) is 10.2. The molecule has 2 heterocycles. The van der Waals surface area contributed by atoms with Crippen LogP contribution in [0, 0.1) is 5.92 Å². The van der Waals surface area contributed by atoms with E-state index >= 15 is 0 Å². The lowest BCUT2D eigenvalue weighted by molar-refractivity contribution is -0.168. The summed E-state index contributed by atoms with van der Waals surface area (Å²) in [6.07, 6.45) is -2.19. The Kier molecular flexibility index (Phi) is 3.58. The van der Waals surface area contributed by atoms with Gasteiger partial charge in [0.05, 0.1) is 5.92 Å². The molecular formula is C10H14F3N3S. The first kappa shape index (κ1) is 12.6. The highest BCUT2D eigenvalue weighted by atomic mass is 32.1. The van der Waals surface area contributed by atoms with Crippen LogP contribution in [0.2, 0.25) is 0 Å². The summed E-state index contributed by atoms with van der Waals surface area (Å²) in [5, 5.41) is 3.69. The minimum atomic E-state index is -4.08. The van der Waals surface area contributed by atoms with Crippen molar-refractivity contribution >= 4 is 16.5 Å². The van der Waals surface area contributed by atoms with Gasteiger partial charge in [-0.3, -0.25) is 0 Å². The molecule has 1 saturated heterocycles. The SMILES string of the molecule is CNCc1cnc(N2CCC(C(F)(F)F)C2)s1. The summed E-state index contributed by atoms with van der Waals surface area (Å²) in [4.78, 5) is 6.93. The number of anilines is 1. The monoisotopic (exact) mass is 265 g/mol. The first-order chi connectivity index (χ1) is 8.00. The minimum Gasteiger partial charge on any atom is -0.347 e. The predicted octanol–water partition coefficient (Wildman–Crippen LogP) is 2.25. The average Bonchev–Trinajstić information content (AvgIpc) is 2.82. The van der Waals surface area contributed by atoms with Gasteiger partial charge in [-0.25, -0.2) is 4.98 Å². The fourth-order valence-electron chi connectivity index (χ4n) is 1.90. The standard InChI is InChI=1S/C10H14F3N3S/c1-14-4-8-5-15-9(17-8)16-3-2-7(6-16)10(11,12)13/h5,7,14H,2-4,6H2,1H3. The fraction of sp³-hybridized carbons (Fsp3) is 0.700. The summed E-state index contributed by atoms with van der Waals surface area (Å²) >= 11 is 1.45. The Bertz CT molecular complexity index is 377. The molecule has 1 fully saturated rings. The van der Waals surface area contributed by atoms with Gasteiger partial charge in [0, 0.05) is 30.7 Å². The van der Waals surface area contributed by atoms with Gasteiger partial charge in [-0.15, -0.1) is 11.3 Å². The summed E-state index contributed by atoms with van der Waals surface area (Å²) in [7, 11) is 1.83. The van der Waals surface area contributed by atoms with Gasteiger partial charge in [0.25, 0.3) is 0 Å². The van der Waals surface area contributed by atoms with Gasteiger partial charge >= 0.3 is 6.18 Å². The first-order valence-electron chi connectivity index (χ1n) is 5.41. The van der Waals surface area contributed by atoms with Crippen LogP contribution in [-0.2, 0) is 6.54 Å². The minimum absolute atomic E-state index is 0.0377. The summed E-state index contributed by atoms with van der Waals surface area (Å²) in [6.45, 7) is 1.18. The maximum absolute atomic E-state index is 12.5. The van der Waals surface area contributed by atoms with Crippen molar-refractivity contribution in [2.24, 2.45) is 5.92 Å². The number of halogens is 3. The maximum Gasteiger partial charge on any atom is 0.393 e. The molecule has 1 aromatic heterocycles. The third kappa shape index (κ3) is 2.90. The highest BCUT2D eigenvalue weighted by molar-refractivity contribution is 7.15. The second-order valence-corrected chi connectivity index (χ2v) is 5.21. The van der Waals surface area contributed by atoms with E-state index in [0.29, 0.717) is 18.2 Å². The highest BCUT2D eigenvalue weighted by Crippen LogP contribution is 2.36. The molecule has 3 nitrogen and oxygen atoms in total. The van der Waals surface area contributed by atoms with E-state index in [1.165, 1.54) is 11.3 Å². The molecule has 1 unspecified atom stereocenters. The van der Waals surface area contributed by atoms with Crippen LogP contribution in [-0.4, -0.2) is 31.3 Å². The van der Waals surface area contributed by atoms with Crippen molar-refractivity contribution in [3.63, 3.8) is 0 Å². The maximum atomic E-state index is 12.5. The number of nitrogens with one attached hydrogen (secondary N) is 1. The molecule has 0 amide bonds. The van der Waals surface area contributed by atoms with Crippen LogP contribution in [0.3, 0.4) is 0 Å². The number of hydrogen-bond donors (Lipinski definition) is 1. The molecule has 1 aliphatic rings. The van der Waals surface area contributed by atoms with Crippen molar-refractivity contribution < 1.29 is 13.2 Å². The zero-order chi connectivity index (χ0) is 12.5. The fourth-order valence-corrected chi connectivity index (χ4v) is 2.86. The van der Waals surface area contributed by atoms with E-state index in [1.54, 1.807) is 11.1 Å². The molecule has 1 aromatic rings. The van der Waals surface area contributed by atoms with Crippen LogP contribution in [0.15, 0.2) is 6.20 Å². The molecule has 0 aliphatic carbocycles. The molecule has 1 aliphatic heterocycles. The second-order valence-electron chi connectivity index (χ2n) is 4.11. The van der Waals surface area contributed by atoms with Crippen molar-refractivity contribution in [2.75, 3.05) is 25.0 Å². The Hall–Kier alpha value is -0.820. The molecule has 17 heavy (non-hydrogen) atoms. The molecule has 7 heteroatoms. The Labute approximate surface area is 102 Å². The Balaban J connectivity index is 2.00. The summed E-state index contributed by atoms with van der Waals surface area (Å²) in [6, 6.07) is 0. The number of alkyl halides is 3. The van der Waals surface area contributed by atoms with Gasteiger partial charge in [0.2, 0.25) is 0 Å². The normalized spacial score (nSPS) is 21.2. The molecule has 0 saturated carbocycles. The van der Waals surface area contributed by atoms with Crippen molar-refractivity contribution in [1.29, 1.82) is 0 Å². The van der Waals surface area contributed by atoms with Crippen LogP contribution in [0.1, 0.15) is 11.3 Å².